The Labute approximate surface area is 109 Å². The first kappa shape index (κ1) is 12.3. The third-order valence-electron chi connectivity index (χ3n) is 2.54. The molecule has 0 amide bonds. The first-order chi connectivity index (χ1) is 8.28. The van der Waals surface area contributed by atoms with Crippen molar-refractivity contribution >= 4 is 15.9 Å². The van der Waals surface area contributed by atoms with Crippen LogP contribution in [0, 0.1) is 5.82 Å². The average molecular weight is 297 g/mol. The van der Waals surface area contributed by atoms with Gasteiger partial charge in [-0.3, -0.25) is 4.68 Å². The van der Waals surface area contributed by atoms with Crippen LogP contribution in [0.15, 0.2) is 36.7 Å². The lowest BCUT2D eigenvalue weighted by molar-refractivity contribution is 0.624. The van der Waals surface area contributed by atoms with E-state index in [1.165, 1.54) is 17.7 Å². The summed E-state index contributed by atoms with van der Waals surface area (Å²) in [6.07, 6.45) is 6.09. The van der Waals surface area contributed by atoms with Crippen LogP contribution in [0.3, 0.4) is 0 Å². The van der Waals surface area contributed by atoms with E-state index in [-0.39, 0.29) is 5.82 Å². The second-order valence-electron chi connectivity index (χ2n) is 3.97. The topological polar surface area (TPSA) is 17.8 Å². The van der Waals surface area contributed by atoms with E-state index in [4.69, 9.17) is 0 Å². The van der Waals surface area contributed by atoms with E-state index in [0.29, 0.717) is 6.54 Å². The Morgan fingerprint density at radius 3 is 2.65 bits per heavy atom. The molecule has 0 N–H and O–H groups in total. The molecule has 0 atom stereocenters. The lowest BCUT2D eigenvalue weighted by atomic mass is 10.2. The SMILES string of the molecule is Fc1ccc(Cn2cc(CCCBr)cn2)cc1. The molecule has 0 fully saturated rings. The number of aryl methyl sites for hydroxylation is 1. The molecule has 0 unspecified atom stereocenters. The quantitative estimate of drug-likeness (QED) is 0.773. The first-order valence-corrected chi connectivity index (χ1v) is 6.72. The lowest BCUT2D eigenvalue weighted by Crippen LogP contribution is -1.99. The number of hydrogen-bond donors (Lipinski definition) is 0. The average Bonchev–Trinajstić information content (AvgIpc) is 2.77. The van der Waals surface area contributed by atoms with Gasteiger partial charge in [0.2, 0.25) is 0 Å². The normalized spacial score (nSPS) is 10.7. The van der Waals surface area contributed by atoms with Crippen molar-refractivity contribution in [1.82, 2.24) is 9.78 Å². The van der Waals surface area contributed by atoms with Gasteiger partial charge in [0.1, 0.15) is 5.82 Å². The van der Waals surface area contributed by atoms with E-state index in [1.807, 2.05) is 17.1 Å². The summed E-state index contributed by atoms with van der Waals surface area (Å²) in [7, 11) is 0. The number of nitrogens with zero attached hydrogens (tertiary/aromatic N) is 2. The van der Waals surface area contributed by atoms with Gasteiger partial charge >= 0.3 is 0 Å². The van der Waals surface area contributed by atoms with E-state index in [2.05, 4.69) is 21.0 Å². The fraction of sp³-hybridized carbons (Fsp3) is 0.308. The van der Waals surface area contributed by atoms with Crippen LogP contribution in [0.4, 0.5) is 4.39 Å². The monoisotopic (exact) mass is 296 g/mol. The maximum atomic E-state index is 12.7. The molecule has 0 saturated heterocycles. The predicted octanol–water partition coefficient (Wildman–Crippen LogP) is 3.40. The Bertz CT molecular complexity index is 465. The highest BCUT2D eigenvalue weighted by Gasteiger charge is 2.00. The molecule has 0 spiro atoms. The molecule has 2 rings (SSSR count). The van der Waals surface area contributed by atoms with Gasteiger partial charge in [-0.25, -0.2) is 4.39 Å². The zero-order chi connectivity index (χ0) is 12.1. The third kappa shape index (κ3) is 3.66. The van der Waals surface area contributed by atoms with Gasteiger partial charge in [-0.2, -0.15) is 5.10 Å². The summed E-state index contributed by atoms with van der Waals surface area (Å²) < 4.78 is 14.6. The van der Waals surface area contributed by atoms with Crippen molar-refractivity contribution in [2.24, 2.45) is 0 Å². The Balaban J connectivity index is 1.98. The molecule has 2 aromatic rings. The summed E-state index contributed by atoms with van der Waals surface area (Å²) in [6.45, 7) is 0.689. The molecule has 1 aromatic carbocycles. The lowest BCUT2D eigenvalue weighted by Gasteiger charge is -2.01. The highest BCUT2D eigenvalue weighted by molar-refractivity contribution is 9.09. The molecular weight excluding hydrogens is 283 g/mol. The highest BCUT2D eigenvalue weighted by Crippen LogP contribution is 2.07. The maximum absolute atomic E-state index is 12.7. The maximum Gasteiger partial charge on any atom is 0.123 e. The summed E-state index contributed by atoms with van der Waals surface area (Å²) in [5, 5.41) is 5.30. The Hall–Kier alpha value is -1.16. The van der Waals surface area contributed by atoms with Gasteiger partial charge in [0.25, 0.3) is 0 Å². The predicted molar refractivity (Wildman–Crippen MR) is 69.8 cm³/mol. The van der Waals surface area contributed by atoms with Crippen molar-refractivity contribution < 1.29 is 4.39 Å². The molecule has 0 aliphatic carbocycles. The zero-order valence-corrected chi connectivity index (χ0v) is 11.0. The minimum Gasteiger partial charge on any atom is -0.268 e. The Kier molecular flexibility index (Phi) is 4.31. The highest BCUT2D eigenvalue weighted by atomic mass is 79.9. The van der Waals surface area contributed by atoms with E-state index in [1.54, 1.807) is 12.1 Å². The number of rotatable bonds is 5. The molecule has 4 heteroatoms. The van der Waals surface area contributed by atoms with Crippen molar-refractivity contribution in [3.63, 3.8) is 0 Å². The molecule has 2 nitrogen and oxygen atoms in total. The van der Waals surface area contributed by atoms with Crippen molar-refractivity contribution in [2.45, 2.75) is 19.4 Å². The molecule has 0 bridgehead atoms. The molecular formula is C13H14BrFN2. The van der Waals surface area contributed by atoms with Gasteiger partial charge in [-0.05, 0) is 36.1 Å². The van der Waals surface area contributed by atoms with Gasteiger partial charge in [0.15, 0.2) is 0 Å². The Morgan fingerprint density at radius 1 is 1.18 bits per heavy atom. The summed E-state index contributed by atoms with van der Waals surface area (Å²) in [5.41, 5.74) is 2.30. The van der Waals surface area contributed by atoms with Crippen LogP contribution in [0.5, 0.6) is 0 Å². The second-order valence-corrected chi connectivity index (χ2v) is 4.76. The molecule has 1 heterocycles. The molecule has 17 heavy (non-hydrogen) atoms. The summed E-state index contributed by atoms with van der Waals surface area (Å²) in [5.74, 6) is -0.202. The zero-order valence-electron chi connectivity index (χ0n) is 9.44. The molecule has 0 radical (unpaired) electrons. The smallest absolute Gasteiger partial charge is 0.123 e. The van der Waals surface area contributed by atoms with Crippen LogP contribution in [-0.2, 0) is 13.0 Å². The van der Waals surface area contributed by atoms with Gasteiger partial charge in [-0.1, -0.05) is 28.1 Å². The van der Waals surface area contributed by atoms with Gasteiger partial charge in [0.05, 0.1) is 12.7 Å². The van der Waals surface area contributed by atoms with Gasteiger partial charge < -0.3 is 0 Å². The Morgan fingerprint density at radius 2 is 1.94 bits per heavy atom. The minimum atomic E-state index is -0.202. The third-order valence-corrected chi connectivity index (χ3v) is 3.10. The van der Waals surface area contributed by atoms with Crippen molar-refractivity contribution in [3.8, 4) is 0 Å². The standard InChI is InChI=1S/C13H14BrFN2/c14-7-1-2-12-8-16-17(10-12)9-11-3-5-13(15)6-4-11/h3-6,8,10H,1-2,7,9H2. The van der Waals surface area contributed by atoms with E-state index in [0.717, 1.165) is 23.7 Å². The second kappa shape index (κ2) is 5.96. The van der Waals surface area contributed by atoms with Crippen LogP contribution in [0.2, 0.25) is 0 Å². The minimum absolute atomic E-state index is 0.202. The molecule has 0 saturated carbocycles. The molecule has 90 valence electrons. The number of alkyl halides is 1. The van der Waals surface area contributed by atoms with Crippen molar-refractivity contribution in [1.29, 1.82) is 0 Å². The van der Waals surface area contributed by atoms with Crippen LogP contribution in [0.1, 0.15) is 17.5 Å². The van der Waals surface area contributed by atoms with Crippen LogP contribution < -0.4 is 0 Å². The van der Waals surface area contributed by atoms with Gasteiger partial charge in [-0.15, -0.1) is 0 Å². The van der Waals surface area contributed by atoms with Gasteiger partial charge in [0, 0.05) is 11.5 Å². The van der Waals surface area contributed by atoms with Crippen molar-refractivity contribution in [3.05, 3.63) is 53.6 Å². The summed E-state index contributed by atoms with van der Waals surface area (Å²) >= 11 is 3.41. The summed E-state index contributed by atoms with van der Waals surface area (Å²) in [6, 6.07) is 6.53. The fourth-order valence-electron chi connectivity index (χ4n) is 1.67. The van der Waals surface area contributed by atoms with Crippen molar-refractivity contribution in [2.75, 3.05) is 5.33 Å². The van der Waals surface area contributed by atoms with Crippen LogP contribution >= 0.6 is 15.9 Å². The largest absolute Gasteiger partial charge is 0.268 e. The van der Waals surface area contributed by atoms with E-state index < -0.39 is 0 Å². The fourth-order valence-corrected chi connectivity index (χ4v) is 1.95. The number of halogens is 2. The van der Waals surface area contributed by atoms with Crippen LogP contribution in [0.25, 0.3) is 0 Å². The number of benzene rings is 1. The molecule has 0 aliphatic rings. The summed E-state index contributed by atoms with van der Waals surface area (Å²) in [4.78, 5) is 0. The van der Waals surface area contributed by atoms with E-state index >= 15 is 0 Å². The number of aromatic nitrogens is 2. The molecule has 0 aliphatic heterocycles. The number of hydrogen-bond acceptors (Lipinski definition) is 1. The van der Waals surface area contributed by atoms with E-state index in [9.17, 15) is 4.39 Å². The van der Waals surface area contributed by atoms with Crippen LogP contribution in [-0.4, -0.2) is 15.1 Å². The first-order valence-electron chi connectivity index (χ1n) is 5.59. The molecule has 1 aromatic heterocycles.